The van der Waals surface area contributed by atoms with Crippen LogP contribution in [0.5, 0.6) is 0 Å². The molecule has 11 nitrogen and oxygen atoms in total. The maximum Gasteiger partial charge on any atom is 0.346 e. The van der Waals surface area contributed by atoms with E-state index in [-0.39, 0.29) is 11.4 Å². The van der Waals surface area contributed by atoms with Gasteiger partial charge in [0, 0.05) is 11.2 Å². The number of esters is 3. The zero-order valence-corrected chi connectivity index (χ0v) is 26.4. The number of hydrogen-bond acceptors (Lipinski definition) is 10. The molecule has 1 aromatic heterocycles. The highest BCUT2D eigenvalue weighted by Gasteiger charge is 2.62. The maximum atomic E-state index is 13.2. The molecule has 0 amide bonds. The highest BCUT2D eigenvalue weighted by atomic mass is 35.5. The predicted molar refractivity (Wildman–Crippen MR) is 158 cm³/mol. The van der Waals surface area contributed by atoms with Crippen molar-refractivity contribution < 1.29 is 33.3 Å². The molecule has 1 saturated heterocycles. The summed E-state index contributed by atoms with van der Waals surface area (Å²) in [6.45, 7) is 12.2. The molecule has 3 rings (SSSR count). The van der Waals surface area contributed by atoms with Crippen LogP contribution in [0, 0.1) is 23.3 Å². The number of nitrogens with zero attached hydrogens (tertiary/aromatic N) is 1. The number of nitrogens with one attached hydrogen (secondary N) is 2. The molecule has 0 spiro atoms. The van der Waals surface area contributed by atoms with Crippen LogP contribution in [0.3, 0.4) is 0 Å². The first-order valence-electron chi connectivity index (χ1n) is 13.5. The fraction of sp³-hybridized carbons (Fsp3) is 0.483. The van der Waals surface area contributed by atoms with Crippen molar-refractivity contribution in [3.63, 3.8) is 0 Å². The number of carbonyl (C=O) groups is 3. The number of H-pyrrole nitrogens is 1. The molecule has 13 heteroatoms. The lowest BCUT2D eigenvalue weighted by molar-refractivity contribution is -0.181. The number of hydrogen-bond donors (Lipinski definition) is 2. The fourth-order valence-electron chi connectivity index (χ4n) is 3.74. The van der Waals surface area contributed by atoms with E-state index in [4.69, 9.17) is 30.5 Å². The van der Waals surface area contributed by atoms with Crippen LogP contribution >= 0.6 is 11.6 Å². The summed E-state index contributed by atoms with van der Waals surface area (Å²) in [5.41, 5.74) is 0.954. The predicted octanol–water partition coefficient (Wildman–Crippen LogP) is 3.80. The highest BCUT2D eigenvalue weighted by molar-refractivity contribution is 6.83. The highest BCUT2D eigenvalue weighted by Crippen LogP contribution is 2.39. The first-order valence-corrected chi connectivity index (χ1v) is 17.4. The van der Waals surface area contributed by atoms with Gasteiger partial charge < -0.3 is 24.3 Å². The van der Waals surface area contributed by atoms with Gasteiger partial charge in [0.2, 0.25) is 5.60 Å². The number of aromatic nitrogens is 2. The molecule has 1 aromatic carbocycles. The van der Waals surface area contributed by atoms with Gasteiger partial charge in [-0.25, -0.2) is 14.6 Å². The number of aromatic amines is 1. The lowest BCUT2D eigenvalue weighted by atomic mass is 9.92. The summed E-state index contributed by atoms with van der Waals surface area (Å²) in [5, 5.41) is 3.44. The zero-order chi connectivity index (χ0) is 31.2. The number of carbonyl (C=O) groups excluding carboxylic acids is 3. The van der Waals surface area contributed by atoms with Crippen molar-refractivity contribution in [3.8, 4) is 11.5 Å². The molecule has 1 fully saturated rings. The van der Waals surface area contributed by atoms with E-state index in [0.29, 0.717) is 5.02 Å². The molecule has 0 saturated carbocycles. The molecule has 226 valence electrons. The largest absolute Gasteiger partial charge is 0.459 e. The number of ether oxygens (including phenoxy) is 4. The first-order chi connectivity index (χ1) is 19.6. The molecule has 2 aromatic rings. The van der Waals surface area contributed by atoms with Crippen LogP contribution in [0.2, 0.25) is 24.7 Å². The molecule has 0 radical (unpaired) electrons. The summed E-state index contributed by atoms with van der Waals surface area (Å²) in [4.78, 5) is 57.1. The van der Waals surface area contributed by atoms with E-state index < -0.39 is 74.2 Å². The summed E-state index contributed by atoms with van der Waals surface area (Å²) >= 11 is 5.94. The Labute approximate surface area is 250 Å². The minimum absolute atomic E-state index is 0.201. The molecular formula is C29H36ClN3O8Si. The molecule has 2 heterocycles. The Morgan fingerprint density at radius 2 is 1.74 bits per heavy atom. The van der Waals surface area contributed by atoms with Gasteiger partial charge in [-0.1, -0.05) is 64.9 Å². The summed E-state index contributed by atoms with van der Waals surface area (Å²) in [6.07, 6.45) is -2.42. The van der Waals surface area contributed by atoms with Gasteiger partial charge in [-0.3, -0.25) is 14.6 Å². The quantitative estimate of drug-likeness (QED) is 0.184. The second-order valence-corrected chi connectivity index (χ2v) is 16.7. The Hall–Kier alpha value is -3.66. The number of rotatable bonds is 9. The van der Waals surface area contributed by atoms with Crippen molar-refractivity contribution in [1.29, 1.82) is 0 Å². The van der Waals surface area contributed by atoms with Crippen LogP contribution in [0.15, 0.2) is 41.3 Å². The summed E-state index contributed by atoms with van der Waals surface area (Å²) in [7, 11) is -2.12. The Balaban J connectivity index is 2.14. The van der Waals surface area contributed by atoms with E-state index >= 15 is 0 Å². The van der Waals surface area contributed by atoms with Crippen molar-refractivity contribution in [2.75, 3.05) is 11.9 Å². The molecule has 4 atom stereocenters. The van der Waals surface area contributed by atoms with Crippen LogP contribution in [0.4, 0.5) is 5.82 Å². The third kappa shape index (κ3) is 8.44. The average molecular weight is 618 g/mol. The summed E-state index contributed by atoms with van der Waals surface area (Å²) < 4.78 is 23.9. The van der Waals surface area contributed by atoms with E-state index in [1.54, 1.807) is 39.8 Å². The third-order valence-corrected chi connectivity index (χ3v) is 7.12. The maximum absolute atomic E-state index is 13.2. The lowest BCUT2D eigenvalue weighted by Crippen LogP contribution is -2.55. The van der Waals surface area contributed by atoms with E-state index in [0.717, 1.165) is 0 Å². The Morgan fingerprint density at radius 3 is 2.31 bits per heavy atom. The molecule has 1 aliphatic heterocycles. The van der Waals surface area contributed by atoms with Gasteiger partial charge in [-0.15, -0.1) is 5.54 Å². The van der Waals surface area contributed by atoms with Crippen LogP contribution in [0.1, 0.15) is 38.1 Å². The minimum Gasteiger partial charge on any atom is -0.459 e. The molecule has 1 aliphatic rings. The van der Waals surface area contributed by atoms with E-state index in [9.17, 15) is 19.2 Å². The monoisotopic (exact) mass is 617 g/mol. The average Bonchev–Trinajstić information content (AvgIpc) is 3.17. The van der Waals surface area contributed by atoms with Gasteiger partial charge in [-0.05, 0) is 30.3 Å². The van der Waals surface area contributed by atoms with E-state index in [1.165, 1.54) is 24.4 Å². The fourth-order valence-corrected chi connectivity index (χ4v) is 4.43. The first kappa shape index (κ1) is 32.8. The van der Waals surface area contributed by atoms with Gasteiger partial charge >= 0.3 is 23.6 Å². The number of benzene rings is 1. The van der Waals surface area contributed by atoms with Gasteiger partial charge in [0.1, 0.15) is 26.6 Å². The summed E-state index contributed by atoms with van der Waals surface area (Å²) in [5.74, 6) is 0.280. The second-order valence-electron chi connectivity index (χ2n) is 11.5. The molecular weight excluding hydrogens is 582 g/mol. The van der Waals surface area contributed by atoms with Gasteiger partial charge in [-0.2, -0.15) is 0 Å². The molecule has 0 aliphatic carbocycles. The number of halogens is 1. The van der Waals surface area contributed by atoms with Crippen molar-refractivity contribution in [2.24, 2.45) is 11.8 Å². The van der Waals surface area contributed by atoms with Crippen LogP contribution in [-0.4, -0.2) is 66.6 Å². The third-order valence-electron chi connectivity index (χ3n) is 5.99. The van der Waals surface area contributed by atoms with Gasteiger partial charge in [0.05, 0.1) is 17.4 Å². The summed E-state index contributed by atoms with van der Waals surface area (Å²) in [6, 6.07) is 7.60. The smallest absolute Gasteiger partial charge is 0.346 e. The van der Waals surface area contributed by atoms with Gasteiger partial charge in [0.15, 0.2) is 12.3 Å². The van der Waals surface area contributed by atoms with E-state index in [1.807, 2.05) is 19.6 Å². The Bertz CT molecular complexity index is 1410. The van der Waals surface area contributed by atoms with Crippen molar-refractivity contribution in [2.45, 2.75) is 71.4 Å². The van der Waals surface area contributed by atoms with Crippen LogP contribution < -0.4 is 11.0 Å². The van der Waals surface area contributed by atoms with Crippen molar-refractivity contribution >= 4 is 43.4 Å². The Morgan fingerprint density at radius 1 is 1.10 bits per heavy atom. The molecule has 0 bridgehead atoms. The van der Waals surface area contributed by atoms with E-state index in [2.05, 4.69) is 26.7 Å². The SMILES string of the molecule is CC(C)C(=O)O[C@H]1[C@H](Nc2ccnc(=O)[nH]2)O[C@H](COC(=O)c2ccc(Cl)cc2)[C@@]1(C#C[Si](C)(C)C)OC(=O)C(C)C. The van der Waals surface area contributed by atoms with Crippen LogP contribution in [-0.2, 0) is 28.5 Å². The molecule has 2 N–H and O–H groups in total. The normalized spacial score (nSPS) is 21.8. The molecule has 42 heavy (non-hydrogen) atoms. The van der Waals surface area contributed by atoms with Crippen LogP contribution in [0.25, 0.3) is 0 Å². The van der Waals surface area contributed by atoms with Crippen molar-refractivity contribution in [1.82, 2.24) is 9.97 Å². The lowest BCUT2D eigenvalue weighted by Gasteiger charge is -2.34. The molecule has 0 unspecified atom stereocenters. The van der Waals surface area contributed by atoms with Gasteiger partial charge in [0.25, 0.3) is 0 Å². The Kier molecular flexibility index (Phi) is 10.6. The number of anilines is 1. The van der Waals surface area contributed by atoms with Crippen molar-refractivity contribution in [3.05, 3.63) is 57.6 Å². The zero-order valence-electron chi connectivity index (χ0n) is 24.6. The minimum atomic E-state index is -2.12. The topological polar surface area (TPSA) is 146 Å². The second kappa shape index (κ2) is 13.5. The standard InChI is InChI=1S/C29H36ClN3O8Si/c1-17(2)25(34)40-23-24(32-22-12-14-31-28(37)33-22)39-21(16-38-27(36)19-8-10-20(30)11-9-19)29(23,13-15-42(5,6)7)41-26(35)18(3)4/h8-12,14,17-18,21,23-24H,16H2,1-7H3,(H2,31,32,33,37)/t21-,23+,24-,29-/m1/s1.